The molecule has 2 rings (SSSR count). The van der Waals surface area contributed by atoms with Crippen LogP contribution in [0.2, 0.25) is 5.02 Å². The molecule has 1 aromatic carbocycles. The van der Waals surface area contributed by atoms with Crippen molar-refractivity contribution in [1.29, 1.82) is 0 Å². The second kappa shape index (κ2) is 5.72. The Hall–Kier alpha value is -0.730. The number of thioether (sulfide) groups is 1. The quantitative estimate of drug-likeness (QED) is 0.541. The van der Waals surface area contributed by atoms with Gasteiger partial charge in [0.25, 0.3) is 0 Å². The van der Waals surface area contributed by atoms with Gasteiger partial charge in [-0.15, -0.1) is 0 Å². The van der Waals surface area contributed by atoms with Crippen molar-refractivity contribution in [3.8, 4) is 0 Å². The number of hydrogen-bond acceptors (Lipinski definition) is 2. The molecule has 1 aliphatic rings. The van der Waals surface area contributed by atoms with Gasteiger partial charge in [0.05, 0.1) is 5.92 Å². The minimum Gasteiger partial charge on any atom is -0.286 e. The molecular formula is C16H19ClOS. The standard InChI is InChI=1S/C16H19ClOS/c1-11-5-4-10-16(2,3)14(11)15(18)19-13-8-6-12(17)7-9-13/h5-9,14H,4,10H2,1-3H3/t14-/m0/s1. The lowest BCUT2D eigenvalue weighted by atomic mass is 9.69. The zero-order valence-electron chi connectivity index (χ0n) is 11.6. The highest BCUT2D eigenvalue weighted by Gasteiger charge is 2.38. The van der Waals surface area contributed by atoms with Crippen molar-refractivity contribution in [2.24, 2.45) is 11.3 Å². The zero-order valence-corrected chi connectivity index (χ0v) is 13.1. The van der Waals surface area contributed by atoms with Gasteiger partial charge in [-0.25, -0.2) is 0 Å². The molecule has 0 unspecified atom stereocenters. The van der Waals surface area contributed by atoms with Gasteiger partial charge < -0.3 is 0 Å². The molecule has 0 heterocycles. The van der Waals surface area contributed by atoms with E-state index in [1.807, 2.05) is 24.3 Å². The van der Waals surface area contributed by atoms with E-state index < -0.39 is 0 Å². The van der Waals surface area contributed by atoms with E-state index in [0.717, 1.165) is 17.7 Å². The van der Waals surface area contributed by atoms with E-state index in [-0.39, 0.29) is 16.4 Å². The van der Waals surface area contributed by atoms with Crippen LogP contribution < -0.4 is 0 Å². The Morgan fingerprint density at radius 1 is 1.32 bits per heavy atom. The number of rotatable bonds is 2. The Kier molecular flexibility index (Phi) is 4.42. The van der Waals surface area contributed by atoms with Crippen LogP contribution in [0.25, 0.3) is 0 Å². The third kappa shape index (κ3) is 3.43. The Bertz CT molecular complexity index is 502. The first-order valence-corrected chi connectivity index (χ1v) is 7.73. The molecule has 0 aliphatic heterocycles. The van der Waals surface area contributed by atoms with Crippen molar-refractivity contribution >= 4 is 28.5 Å². The molecule has 0 fully saturated rings. The van der Waals surface area contributed by atoms with Crippen molar-refractivity contribution < 1.29 is 4.79 Å². The molecule has 0 bridgehead atoms. The van der Waals surface area contributed by atoms with Gasteiger partial charge in [0.2, 0.25) is 5.12 Å². The van der Waals surface area contributed by atoms with Crippen molar-refractivity contribution in [1.82, 2.24) is 0 Å². The second-order valence-electron chi connectivity index (χ2n) is 5.78. The summed E-state index contributed by atoms with van der Waals surface area (Å²) in [6.45, 7) is 6.45. The smallest absolute Gasteiger partial charge is 0.201 e. The van der Waals surface area contributed by atoms with Crippen LogP contribution in [-0.2, 0) is 4.79 Å². The molecule has 1 atom stereocenters. The maximum absolute atomic E-state index is 12.6. The molecule has 1 aromatic rings. The largest absolute Gasteiger partial charge is 0.286 e. The maximum Gasteiger partial charge on any atom is 0.201 e. The fourth-order valence-corrected chi connectivity index (χ4v) is 3.99. The normalized spacial score (nSPS) is 21.9. The highest BCUT2D eigenvalue weighted by Crippen LogP contribution is 2.44. The summed E-state index contributed by atoms with van der Waals surface area (Å²) >= 11 is 7.19. The highest BCUT2D eigenvalue weighted by molar-refractivity contribution is 8.13. The second-order valence-corrected chi connectivity index (χ2v) is 7.30. The third-order valence-corrected chi connectivity index (χ3v) is 4.96. The predicted molar refractivity (Wildman–Crippen MR) is 82.6 cm³/mol. The molecule has 0 spiro atoms. The van der Waals surface area contributed by atoms with Crippen LogP contribution in [0.1, 0.15) is 33.6 Å². The number of hydrogen-bond donors (Lipinski definition) is 0. The summed E-state index contributed by atoms with van der Waals surface area (Å²) < 4.78 is 0. The van der Waals surface area contributed by atoms with E-state index in [1.54, 1.807) is 0 Å². The Balaban J connectivity index is 2.16. The average molecular weight is 295 g/mol. The SMILES string of the molecule is CC1=CCCC(C)(C)[C@@H]1C(=O)Sc1ccc(Cl)cc1. The van der Waals surface area contributed by atoms with Crippen LogP contribution in [0, 0.1) is 11.3 Å². The number of carbonyl (C=O) groups excluding carboxylic acids is 1. The van der Waals surface area contributed by atoms with Crippen LogP contribution in [-0.4, -0.2) is 5.12 Å². The Morgan fingerprint density at radius 2 is 1.95 bits per heavy atom. The van der Waals surface area contributed by atoms with Crippen LogP contribution in [0.5, 0.6) is 0 Å². The predicted octanol–water partition coefficient (Wildman–Crippen LogP) is 5.34. The summed E-state index contributed by atoms with van der Waals surface area (Å²) in [5.74, 6) is 0.0157. The van der Waals surface area contributed by atoms with Crippen molar-refractivity contribution in [3.63, 3.8) is 0 Å². The van der Waals surface area contributed by atoms with Crippen LogP contribution in [0.4, 0.5) is 0 Å². The molecule has 0 N–H and O–H groups in total. The Labute approximate surface area is 124 Å². The third-order valence-electron chi connectivity index (χ3n) is 3.76. The van der Waals surface area contributed by atoms with Gasteiger partial charge in [0.1, 0.15) is 0 Å². The fourth-order valence-electron chi connectivity index (χ4n) is 2.73. The van der Waals surface area contributed by atoms with Gasteiger partial charge in [0, 0.05) is 9.92 Å². The van der Waals surface area contributed by atoms with E-state index in [4.69, 9.17) is 11.6 Å². The molecule has 102 valence electrons. The topological polar surface area (TPSA) is 17.1 Å². The van der Waals surface area contributed by atoms with E-state index in [0.29, 0.717) is 5.02 Å². The van der Waals surface area contributed by atoms with Gasteiger partial charge >= 0.3 is 0 Å². The summed E-state index contributed by atoms with van der Waals surface area (Å²) in [6, 6.07) is 7.46. The molecule has 0 saturated heterocycles. The maximum atomic E-state index is 12.6. The molecule has 1 nitrogen and oxygen atoms in total. The van der Waals surface area contributed by atoms with Crippen molar-refractivity contribution in [2.45, 2.75) is 38.5 Å². The van der Waals surface area contributed by atoms with E-state index in [9.17, 15) is 4.79 Å². The molecular weight excluding hydrogens is 276 g/mol. The molecule has 0 radical (unpaired) electrons. The number of carbonyl (C=O) groups is 1. The van der Waals surface area contributed by atoms with Gasteiger partial charge in [-0.3, -0.25) is 4.79 Å². The first-order valence-electron chi connectivity index (χ1n) is 6.54. The van der Waals surface area contributed by atoms with Gasteiger partial charge in [0.15, 0.2) is 0 Å². The Morgan fingerprint density at radius 3 is 2.53 bits per heavy atom. The van der Waals surface area contributed by atoms with Gasteiger partial charge in [-0.05, 0) is 49.4 Å². The summed E-state index contributed by atoms with van der Waals surface area (Å²) in [7, 11) is 0. The monoisotopic (exact) mass is 294 g/mol. The van der Waals surface area contributed by atoms with Crippen molar-refractivity contribution in [3.05, 3.63) is 40.9 Å². The van der Waals surface area contributed by atoms with Gasteiger partial charge in [-0.1, -0.05) is 48.9 Å². The molecule has 0 aromatic heterocycles. The zero-order chi connectivity index (χ0) is 14.0. The number of halogens is 1. The van der Waals surface area contributed by atoms with Gasteiger partial charge in [-0.2, -0.15) is 0 Å². The summed E-state index contributed by atoms with van der Waals surface area (Å²) in [5, 5.41) is 0.937. The van der Waals surface area contributed by atoms with E-state index >= 15 is 0 Å². The fraction of sp³-hybridized carbons (Fsp3) is 0.438. The average Bonchev–Trinajstić information content (AvgIpc) is 2.30. The number of allylic oxidation sites excluding steroid dienone is 2. The summed E-state index contributed by atoms with van der Waals surface area (Å²) in [4.78, 5) is 13.5. The van der Waals surface area contributed by atoms with Crippen LogP contribution in [0.15, 0.2) is 40.8 Å². The molecule has 19 heavy (non-hydrogen) atoms. The lowest BCUT2D eigenvalue weighted by Gasteiger charge is -2.37. The van der Waals surface area contributed by atoms with E-state index in [2.05, 4.69) is 26.8 Å². The minimum absolute atomic E-state index is 0.0157. The molecule has 0 saturated carbocycles. The lowest BCUT2D eigenvalue weighted by Crippen LogP contribution is -2.32. The lowest BCUT2D eigenvalue weighted by molar-refractivity contribution is -0.116. The highest BCUT2D eigenvalue weighted by atomic mass is 35.5. The minimum atomic E-state index is 0.0157. The van der Waals surface area contributed by atoms with Crippen molar-refractivity contribution in [2.75, 3.05) is 0 Å². The summed E-state index contributed by atoms with van der Waals surface area (Å²) in [6.07, 6.45) is 4.35. The first kappa shape index (κ1) is 14.7. The molecule has 0 amide bonds. The first-order chi connectivity index (χ1) is 8.90. The molecule has 3 heteroatoms. The van der Waals surface area contributed by atoms with E-state index in [1.165, 1.54) is 17.3 Å². The summed E-state index contributed by atoms with van der Waals surface area (Å²) in [5.41, 5.74) is 1.26. The number of benzene rings is 1. The van der Waals surface area contributed by atoms with Crippen LogP contribution >= 0.6 is 23.4 Å². The molecule has 1 aliphatic carbocycles. The van der Waals surface area contributed by atoms with Crippen LogP contribution in [0.3, 0.4) is 0 Å².